The van der Waals surface area contributed by atoms with Gasteiger partial charge in [-0.05, 0) is 24.1 Å². The Balaban J connectivity index is 1.98. The molecule has 0 radical (unpaired) electrons. The third-order valence-electron chi connectivity index (χ3n) is 3.40. The van der Waals surface area contributed by atoms with Crippen molar-refractivity contribution in [3.8, 4) is 0 Å². The van der Waals surface area contributed by atoms with Gasteiger partial charge in [0.25, 0.3) is 0 Å². The van der Waals surface area contributed by atoms with E-state index in [2.05, 4.69) is 10.3 Å². The second-order valence-electron chi connectivity index (χ2n) is 4.86. The second-order valence-corrected chi connectivity index (χ2v) is 4.86. The summed E-state index contributed by atoms with van der Waals surface area (Å²) < 4.78 is 0. The number of likely N-dealkylation sites (tertiary alicyclic amines) is 1. The molecule has 0 unspecified atom stereocenters. The van der Waals surface area contributed by atoms with Crippen LogP contribution in [0.15, 0.2) is 18.5 Å². The highest BCUT2D eigenvalue weighted by molar-refractivity contribution is 5.83. The number of aliphatic hydroxyl groups is 1. The Hall–Kier alpha value is -2.15. The Morgan fingerprint density at radius 3 is 2.95 bits per heavy atom. The Morgan fingerprint density at radius 2 is 2.30 bits per heavy atom. The standard InChI is InChI=1S/C13H17N3O4/c1-8-2-3-14-5-9(8)6-15-13(20)16-7-10(17)4-11(16)12(18)19/h2-3,5,10-11,17H,4,6-7H2,1H3,(H,15,20)(H,18,19)/t10-,11+/m1/s1. The van der Waals surface area contributed by atoms with Gasteiger partial charge in [0.15, 0.2) is 0 Å². The van der Waals surface area contributed by atoms with Crippen LogP contribution < -0.4 is 5.32 Å². The van der Waals surface area contributed by atoms with Gasteiger partial charge in [-0.3, -0.25) is 4.98 Å². The number of urea groups is 1. The number of nitrogens with zero attached hydrogens (tertiary/aromatic N) is 2. The highest BCUT2D eigenvalue weighted by atomic mass is 16.4. The van der Waals surface area contributed by atoms with Gasteiger partial charge in [0.1, 0.15) is 6.04 Å². The predicted molar refractivity (Wildman–Crippen MR) is 70.0 cm³/mol. The molecule has 7 nitrogen and oxygen atoms in total. The van der Waals surface area contributed by atoms with Gasteiger partial charge < -0.3 is 20.4 Å². The molecule has 0 aromatic carbocycles. The number of rotatable bonds is 3. The molecule has 108 valence electrons. The van der Waals surface area contributed by atoms with E-state index >= 15 is 0 Å². The van der Waals surface area contributed by atoms with Crippen LogP contribution in [-0.2, 0) is 11.3 Å². The van der Waals surface area contributed by atoms with Gasteiger partial charge in [0, 0.05) is 31.9 Å². The van der Waals surface area contributed by atoms with E-state index in [1.165, 1.54) is 0 Å². The molecular formula is C13H17N3O4. The molecule has 1 fully saturated rings. The molecule has 1 aliphatic heterocycles. The minimum atomic E-state index is -1.10. The SMILES string of the molecule is Cc1ccncc1CNC(=O)N1C[C@H](O)C[C@H]1C(=O)O. The van der Waals surface area contributed by atoms with Gasteiger partial charge in [-0.1, -0.05) is 0 Å². The molecule has 0 aliphatic carbocycles. The number of aliphatic carboxylic acids is 1. The highest BCUT2D eigenvalue weighted by Crippen LogP contribution is 2.18. The van der Waals surface area contributed by atoms with Gasteiger partial charge >= 0.3 is 12.0 Å². The summed E-state index contributed by atoms with van der Waals surface area (Å²) in [5.74, 6) is -1.10. The van der Waals surface area contributed by atoms with E-state index < -0.39 is 24.1 Å². The zero-order valence-electron chi connectivity index (χ0n) is 11.1. The minimum Gasteiger partial charge on any atom is -0.480 e. The maximum absolute atomic E-state index is 12.0. The van der Waals surface area contributed by atoms with Crippen molar-refractivity contribution in [1.82, 2.24) is 15.2 Å². The third kappa shape index (κ3) is 3.05. The fourth-order valence-electron chi connectivity index (χ4n) is 2.23. The number of carbonyl (C=O) groups is 2. The fourth-order valence-corrected chi connectivity index (χ4v) is 2.23. The van der Waals surface area contributed by atoms with Crippen molar-refractivity contribution in [3.05, 3.63) is 29.6 Å². The summed E-state index contributed by atoms with van der Waals surface area (Å²) in [6, 6.07) is 0.374. The topological polar surface area (TPSA) is 103 Å². The number of amides is 2. The number of β-amino-alcohol motifs (C(OH)–C–C–N with tert-alkyl or cyclic N) is 1. The summed E-state index contributed by atoms with van der Waals surface area (Å²) >= 11 is 0. The Morgan fingerprint density at radius 1 is 1.55 bits per heavy atom. The molecule has 0 bridgehead atoms. The Bertz CT molecular complexity index is 520. The number of aromatic nitrogens is 1. The molecule has 2 atom stereocenters. The van der Waals surface area contributed by atoms with Crippen LogP contribution in [0.25, 0.3) is 0 Å². The summed E-state index contributed by atoms with van der Waals surface area (Å²) in [7, 11) is 0. The highest BCUT2D eigenvalue weighted by Gasteiger charge is 2.38. The first-order valence-electron chi connectivity index (χ1n) is 6.34. The molecule has 1 aromatic rings. The molecule has 1 aliphatic rings. The number of hydrogen-bond acceptors (Lipinski definition) is 4. The molecule has 1 saturated heterocycles. The van der Waals surface area contributed by atoms with E-state index in [4.69, 9.17) is 5.11 Å². The number of hydrogen-bond donors (Lipinski definition) is 3. The van der Waals surface area contributed by atoms with Gasteiger partial charge in [-0.25, -0.2) is 9.59 Å². The predicted octanol–water partition coefficient (Wildman–Crippen LogP) is 0.119. The monoisotopic (exact) mass is 279 g/mol. The first kappa shape index (κ1) is 14.3. The number of aliphatic hydroxyl groups excluding tert-OH is 1. The third-order valence-corrected chi connectivity index (χ3v) is 3.40. The van der Waals surface area contributed by atoms with Crippen molar-refractivity contribution < 1.29 is 19.8 Å². The van der Waals surface area contributed by atoms with Crippen LogP contribution in [0.5, 0.6) is 0 Å². The quantitative estimate of drug-likeness (QED) is 0.729. The first-order valence-corrected chi connectivity index (χ1v) is 6.34. The molecular weight excluding hydrogens is 262 g/mol. The molecule has 2 heterocycles. The lowest BCUT2D eigenvalue weighted by Crippen LogP contribution is -2.46. The molecule has 0 saturated carbocycles. The van der Waals surface area contributed by atoms with E-state index in [9.17, 15) is 14.7 Å². The van der Waals surface area contributed by atoms with Crippen molar-refractivity contribution in [2.45, 2.75) is 32.0 Å². The van der Waals surface area contributed by atoms with Crippen molar-refractivity contribution in [2.75, 3.05) is 6.54 Å². The van der Waals surface area contributed by atoms with Crippen molar-refractivity contribution in [2.24, 2.45) is 0 Å². The number of aryl methyl sites for hydroxylation is 1. The second kappa shape index (κ2) is 5.87. The van der Waals surface area contributed by atoms with E-state index in [1.54, 1.807) is 12.4 Å². The molecule has 2 rings (SSSR count). The lowest BCUT2D eigenvalue weighted by Gasteiger charge is -2.21. The number of carbonyl (C=O) groups excluding carboxylic acids is 1. The summed E-state index contributed by atoms with van der Waals surface area (Å²) in [5, 5.41) is 21.2. The van der Waals surface area contributed by atoms with Crippen LogP contribution in [0.1, 0.15) is 17.5 Å². The molecule has 7 heteroatoms. The van der Waals surface area contributed by atoms with Crippen molar-refractivity contribution in [3.63, 3.8) is 0 Å². The van der Waals surface area contributed by atoms with Crippen molar-refractivity contribution >= 4 is 12.0 Å². The first-order chi connectivity index (χ1) is 9.49. The molecule has 2 amide bonds. The van der Waals surface area contributed by atoms with Gasteiger partial charge in [0.2, 0.25) is 0 Å². The maximum Gasteiger partial charge on any atom is 0.326 e. The van der Waals surface area contributed by atoms with E-state index in [0.717, 1.165) is 16.0 Å². The zero-order valence-corrected chi connectivity index (χ0v) is 11.1. The Labute approximate surface area is 116 Å². The lowest BCUT2D eigenvalue weighted by molar-refractivity contribution is -0.141. The largest absolute Gasteiger partial charge is 0.480 e. The number of carboxylic acids is 1. The van der Waals surface area contributed by atoms with E-state index in [0.29, 0.717) is 0 Å². The van der Waals surface area contributed by atoms with Gasteiger partial charge in [0.05, 0.1) is 6.10 Å². The van der Waals surface area contributed by atoms with Crippen LogP contribution >= 0.6 is 0 Å². The van der Waals surface area contributed by atoms with Crippen LogP contribution in [0.3, 0.4) is 0 Å². The summed E-state index contributed by atoms with van der Waals surface area (Å²) in [5.41, 5.74) is 1.86. The molecule has 0 spiro atoms. The maximum atomic E-state index is 12.0. The van der Waals surface area contributed by atoms with Crippen molar-refractivity contribution in [1.29, 1.82) is 0 Å². The fraction of sp³-hybridized carbons (Fsp3) is 0.462. The summed E-state index contributed by atoms with van der Waals surface area (Å²) in [6.45, 7) is 2.22. The van der Waals surface area contributed by atoms with Gasteiger partial charge in [-0.2, -0.15) is 0 Å². The summed E-state index contributed by atoms with van der Waals surface area (Å²) in [6.07, 6.45) is 2.59. The van der Waals surface area contributed by atoms with Crippen LogP contribution in [0.2, 0.25) is 0 Å². The van der Waals surface area contributed by atoms with Crippen LogP contribution in [0.4, 0.5) is 4.79 Å². The average Bonchev–Trinajstić information content (AvgIpc) is 2.80. The molecule has 3 N–H and O–H groups in total. The lowest BCUT2D eigenvalue weighted by atomic mass is 10.1. The smallest absolute Gasteiger partial charge is 0.326 e. The van der Waals surface area contributed by atoms with Crippen LogP contribution in [0, 0.1) is 6.92 Å². The molecule has 1 aromatic heterocycles. The number of carboxylic acid groups (broad SMARTS) is 1. The number of pyridine rings is 1. The zero-order chi connectivity index (χ0) is 14.7. The van der Waals surface area contributed by atoms with Crippen LogP contribution in [-0.4, -0.2) is 50.8 Å². The number of nitrogens with one attached hydrogen (secondary N) is 1. The molecule has 20 heavy (non-hydrogen) atoms. The average molecular weight is 279 g/mol. The normalized spacial score (nSPS) is 21.8. The Kier molecular flexibility index (Phi) is 4.19. The van der Waals surface area contributed by atoms with E-state index in [-0.39, 0.29) is 19.5 Å². The van der Waals surface area contributed by atoms with Gasteiger partial charge in [-0.15, -0.1) is 0 Å². The summed E-state index contributed by atoms with van der Waals surface area (Å²) in [4.78, 5) is 28.2. The minimum absolute atomic E-state index is 0.0365. The van der Waals surface area contributed by atoms with E-state index in [1.807, 2.05) is 13.0 Å².